The van der Waals surface area contributed by atoms with Gasteiger partial charge in [-0.3, -0.25) is 14.4 Å². The van der Waals surface area contributed by atoms with Crippen LogP contribution in [0.1, 0.15) is 46.5 Å². The molecular weight excluding hydrogens is 308 g/mol. The normalized spacial score (nSPS) is 17.6. The van der Waals surface area contributed by atoms with E-state index in [4.69, 9.17) is 4.74 Å². The van der Waals surface area contributed by atoms with E-state index in [1.165, 1.54) is 0 Å². The van der Waals surface area contributed by atoms with Gasteiger partial charge in [-0.15, -0.1) is 0 Å². The Hall–Kier alpha value is -1.96. The first-order valence-corrected chi connectivity index (χ1v) is 7.32. The molecule has 0 fully saturated rings. The molecule has 8 nitrogen and oxygen atoms in total. The second-order valence-corrected chi connectivity index (χ2v) is 5.62. The Morgan fingerprint density at radius 1 is 1.04 bits per heavy atom. The SMILES string of the molecule is CCCCCC(=O)C(C)(C(=O)O)C(OC)(C(=O)O)C(C)C(=O)O. The smallest absolute Gasteiger partial charge is 0.338 e. The predicted molar refractivity (Wildman–Crippen MR) is 79.1 cm³/mol. The lowest BCUT2D eigenvalue weighted by Gasteiger charge is -2.42. The zero-order valence-electron chi connectivity index (χ0n) is 13.8. The number of carbonyl (C=O) groups excluding carboxylic acids is 1. The van der Waals surface area contributed by atoms with E-state index in [9.17, 15) is 34.5 Å². The molecule has 3 unspecified atom stereocenters. The minimum atomic E-state index is -2.71. The Bertz CT molecular complexity index is 486. The van der Waals surface area contributed by atoms with Crippen LogP contribution in [-0.4, -0.2) is 51.7 Å². The number of unbranched alkanes of at least 4 members (excludes halogenated alkanes) is 2. The van der Waals surface area contributed by atoms with Crippen LogP contribution in [0.2, 0.25) is 0 Å². The first-order valence-electron chi connectivity index (χ1n) is 7.32. The van der Waals surface area contributed by atoms with Crippen LogP contribution in [-0.2, 0) is 23.9 Å². The Labute approximate surface area is 134 Å². The highest BCUT2D eigenvalue weighted by Gasteiger charge is 2.67. The van der Waals surface area contributed by atoms with Gasteiger partial charge in [0.25, 0.3) is 0 Å². The molecule has 0 spiro atoms. The third kappa shape index (κ3) is 3.52. The van der Waals surface area contributed by atoms with Crippen molar-refractivity contribution in [2.75, 3.05) is 7.11 Å². The van der Waals surface area contributed by atoms with E-state index in [2.05, 4.69) is 0 Å². The van der Waals surface area contributed by atoms with E-state index in [-0.39, 0.29) is 6.42 Å². The molecular formula is C15H24O8. The number of aliphatic carboxylic acids is 3. The summed E-state index contributed by atoms with van der Waals surface area (Å²) in [7, 11) is 0.897. The number of Topliss-reactive ketones (excluding diaryl/α,β-unsaturated/α-hetero) is 1. The lowest BCUT2D eigenvalue weighted by molar-refractivity contribution is -0.207. The molecule has 0 aliphatic rings. The minimum absolute atomic E-state index is 0.165. The van der Waals surface area contributed by atoms with Crippen molar-refractivity contribution < 1.29 is 39.2 Å². The number of hydrogen-bond acceptors (Lipinski definition) is 5. The summed E-state index contributed by atoms with van der Waals surface area (Å²) < 4.78 is 4.89. The molecule has 23 heavy (non-hydrogen) atoms. The fourth-order valence-electron chi connectivity index (χ4n) is 2.74. The van der Waals surface area contributed by atoms with Gasteiger partial charge >= 0.3 is 17.9 Å². The summed E-state index contributed by atoms with van der Waals surface area (Å²) in [5.41, 5.74) is -5.24. The summed E-state index contributed by atoms with van der Waals surface area (Å²) in [5.74, 6) is -7.71. The fraction of sp³-hybridized carbons (Fsp3) is 0.733. The van der Waals surface area contributed by atoms with Crippen LogP contribution in [0.3, 0.4) is 0 Å². The molecule has 0 aromatic heterocycles. The van der Waals surface area contributed by atoms with Crippen molar-refractivity contribution >= 4 is 23.7 Å². The zero-order valence-corrected chi connectivity index (χ0v) is 13.8. The van der Waals surface area contributed by atoms with Crippen LogP contribution in [0.15, 0.2) is 0 Å². The van der Waals surface area contributed by atoms with Gasteiger partial charge in [0.15, 0.2) is 11.2 Å². The van der Waals surface area contributed by atoms with Crippen molar-refractivity contribution in [2.24, 2.45) is 11.3 Å². The summed E-state index contributed by atoms with van der Waals surface area (Å²) in [4.78, 5) is 47.4. The third-order valence-corrected chi connectivity index (χ3v) is 4.36. The van der Waals surface area contributed by atoms with Crippen LogP contribution in [0.25, 0.3) is 0 Å². The molecule has 0 radical (unpaired) electrons. The molecule has 0 aromatic carbocycles. The molecule has 0 amide bonds. The van der Waals surface area contributed by atoms with Crippen molar-refractivity contribution in [1.29, 1.82) is 0 Å². The average molecular weight is 332 g/mol. The standard InChI is InChI=1S/C15H24O8/c1-5-6-7-8-10(16)14(3,12(19)20)15(23-4,13(21)22)9(2)11(17)18/h9H,5-8H2,1-4H3,(H,17,18)(H,19,20)(H,21,22). The molecule has 0 aromatic rings. The highest BCUT2D eigenvalue weighted by atomic mass is 16.5. The second kappa shape index (κ2) is 8.05. The van der Waals surface area contributed by atoms with E-state index >= 15 is 0 Å². The van der Waals surface area contributed by atoms with Gasteiger partial charge in [-0.25, -0.2) is 4.79 Å². The van der Waals surface area contributed by atoms with E-state index in [1.54, 1.807) is 0 Å². The summed E-state index contributed by atoms with van der Waals surface area (Å²) in [6, 6.07) is 0. The summed E-state index contributed by atoms with van der Waals surface area (Å²) in [6.07, 6.45) is 1.68. The van der Waals surface area contributed by atoms with Gasteiger partial charge in [-0.1, -0.05) is 19.8 Å². The molecule has 132 valence electrons. The van der Waals surface area contributed by atoms with Gasteiger partial charge < -0.3 is 20.1 Å². The summed E-state index contributed by atoms with van der Waals surface area (Å²) in [5, 5.41) is 28.3. The monoisotopic (exact) mass is 332 g/mol. The molecule has 0 saturated carbocycles. The Balaban J connectivity index is 6.18. The van der Waals surface area contributed by atoms with E-state index < -0.39 is 40.6 Å². The van der Waals surface area contributed by atoms with E-state index in [1.807, 2.05) is 6.92 Å². The summed E-state index contributed by atoms with van der Waals surface area (Å²) >= 11 is 0. The number of carbonyl (C=O) groups is 4. The lowest BCUT2D eigenvalue weighted by Crippen LogP contribution is -2.66. The topological polar surface area (TPSA) is 138 Å². The number of ketones is 1. The molecule has 0 saturated heterocycles. The van der Waals surface area contributed by atoms with Crippen LogP contribution in [0, 0.1) is 11.3 Å². The summed E-state index contributed by atoms with van der Waals surface area (Å²) in [6.45, 7) is 3.82. The Morgan fingerprint density at radius 3 is 1.87 bits per heavy atom. The lowest BCUT2D eigenvalue weighted by atomic mass is 9.63. The highest BCUT2D eigenvalue weighted by Crippen LogP contribution is 2.43. The number of rotatable bonds is 11. The number of carboxylic acid groups (broad SMARTS) is 3. The maximum Gasteiger partial charge on any atom is 0.338 e. The Kier molecular flexibility index (Phi) is 7.36. The van der Waals surface area contributed by atoms with Gasteiger partial charge in [0.2, 0.25) is 5.60 Å². The predicted octanol–water partition coefficient (Wildman–Crippen LogP) is 1.42. The number of hydrogen-bond donors (Lipinski definition) is 3. The second-order valence-electron chi connectivity index (χ2n) is 5.62. The molecule has 0 aliphatic heterocycles. The van der Waals surface area contributed by atoms with Crippen molar-refractivity contribution in [3.63, 3.8) is 0 Å². The van der Waals surface area contributed by atoms with Crippen molar-refractivity contribution in [2.45, 2.75) is 52.1 Å². The Morgan fingerprint density at radius 2 is 1.57 bits per heavy atom. The number of methoxy groups -OCH3 is 1. The molecule has 0 aliphatic carbocycles. The minimum Gasteiger partial charge on any atom is -0.481 e. The molecule has 3 atom stereocenters. The third-order valence-electron chi connectivity index (χ3n) is 4.36. The highest BCUT2D eigenvalue weighted by molar-refractivity contribution is 6.09. The van der Waals surface area contributed by atoms with Crippen molar-refractivity contribution in [3.8, 4) is 0 Å². The fourth-order valence-corrected chi connectivity index (χ4v) is 2.74. The largest absolute Gasteiger partial charge is 0.481 e. The molecule has 8 heteroatoms. The van der Waals surface area contributed by atoms with Crippen LogP contribution < -0.4 is 0 Å². The molecule has 3 N–H and O–H groups in total. The van der Waals surface area contributed by atoms with Gasteiger partial charge in [-0.05, 0) is 20.3 Å². The molecule has 0 heterocycles. The first-order chi connectivity index (χ1) is 10.5. The van der Waals surface area contributed by atoms with Gasteiger partial charge in [-0.2, -0.15) is 0 Å². The van der Waals surface area contributed by atoms with Gasteiger partial charge in [0.05, 0.1) is 5.92 Å². The van der Waals surface area contributed by atoms with Crippen molar-refractivity contribution in [3.05, 3.63) is 0 Å². The molecule has 0 bridgehead atoms. The maximum absolute atomic E-state index is 12.5. The van der Waals surface area contributed by atoms with Gasteiger partial charge in [0.1, 0.15) is 0 Å². The number of carboxylic acids is 3. The van der Waals surface area contributed by atoms with Gasteiger partial charge in [0, 0.05) is 13.5 Å². The van der Waals surface area contributed by atoms with E-state index in [0.717, 1.165) is 27.4 Å². The molecule has 0 rings (SSSR count). The van der Waals surface area contributed by atoms with E-state index in [0.29, 0.717) is 12.8 Å². The first kappa shape index (κ1) is 21.0. The van der Waals surface area contributed by atoms with Crippen LogP contribution in [0.5, 0.6) is 0 Å². The maximum atomic E-state index is 12.5. The number of ether oxygens (including phenoxy) is 1. The van der Waals surface area contributed by atoms with Crippen LogP contribution in [0.4, 0.5) is 0 Å². The quantitative estimate of drug-likeness (QED) is 0.381. The van der Waals surface area contributed by atoms with Crippen LogP contribution >= 0.6 is 0 Å². The zero-order chi connectivity index (χ0) is 18.4. The van der Waals surface area contributed by atoms with Crippen molar-refractivity contribution in [1.82, 2.24) is 0 Å². The average Bonchev–Trinajstić information content (AvgIpc) is 2.47.